The molecule has 0 radical (unpaired) electrons. The van der Waals surface area contributed by atoms with Gasteiger partial charge in [0.05, 0.1) is 17.8 Å². The predicted octanol–water partition coefficient (Wildman–Crippen LogP) is 1.61. The summed E-state index contributed by atoms with van der Waals surface area (Å²) in [5.74, 6) is 0.687. The molecule has 1 aromatic carbocycles. The topological polar surface area (TPSA) is 158 Å². The number of nitro groups is 1. The molecule has 1 aliphatic heterocycles. The van der Waals surface area contributed by atoms with Crippen LogP contribution >= 0.6 is 11.8 Å². The molecular formula is C12H8N8O3S. The lowest BCUT2D eigenvalue weighted by Gasteiger charge is -2.14. The molecule has 0 unspecified atom stereocenters. The minimum atomic E-state index is -0.538. The first kappa shape index (κ1) is 14.3. The zero-order chi connectivity index (χ0) is 16.7. The average Bonchev–Trinajstić information content (AvgIpc) is 3.04. The van der Waals surface area contributed by atoms with E-state index in [2.05, 4.69) is 35.2 Å². The van der Waals surface area contributed by atoms with Crippen molar-refractivity contribution >= 4 is 46.6 Å². The zero-order valence-corrected chi connectivity index (χ0v) is 12.6. The number of rotatable bonds is 3. The highest BCUT2D eigenvalue weighted by Crippen LogP contribution is 2.38. The van der Waals surface area contributed by atoms with Crippen molar-refractivity contribution in [2.24, 2.45) is 4.99 Å². The van der Waals surface area contributed by atoms with Crippen LogP contribution in [0.3, 0.4) is 0 Å². The number of nitrogen functional groups attached to an aromatic ring is 1. The first-order valence-corrected chi connectivity index (χ1v) is 7.44. The van der Waals surface area contributed by atoms with E-state index >= 15 is 0 Å². The molecule has 0 fully saturated rings. The molecule has 3 aromatic rings. The summed E-state index contributed by atoms with van der Waals surface area (Å²) in [6.45, 7) is 0.401. The highest BCUT2D eigenvalue weighted by molar-refractivity contribution is 7.99. The van der Waals surface area contributed by atoms with Crippen molar-refractivity contribution in [2.75, 3.05) is 11.1 Å². The Bertz CT molecular complexity index is 1000. The van der Waals surface area contributed by atoms with Gasteiger partial charge in [-0.05, 0) is 16.4 Å². The van der Waals surface area contributed by atoms with Gasteiger partial charge in [-0.1, -0.05) is 11.8 Å². The number of nitro benzene ring substituents is 1. The number of hydrogen-bond acceptors (Lipinski definition) is 11. The Kier molecular flexibility index (Phi) is 3.23. The van der Waals surface area contributed by atoms with Gasteiger partial charge in [0, 0.05) is 16.5 Å². The van der Waals surface area contributed by atoms with Crippen molar-refractivity contribution in [1.29, 1.82) is 0 Å². The maximum atomic E-state index is 11.0. The van der Waals surface area contributed by atoms with E-state index < -0.39 is 4.92 Å². The number of aliphatic imine (C=N–C) groups is 1. The van der Waals surface area contributed by atoms with E-state index in [0.29, 0.717) is 22.3 Å². The van der Waals surface area contributed by atoms with Gasteiger partial charge in [0.1, 0.15) is 10.8 Å². The molecule has 0 bridgehead atoms. The van der Waals surface area contributed by atoms with Gasteiger partial charge < -0.3 is 11.1 Å². The summed E-state index contributed by atoms with van der Waals surface area (Å²) >= 11 is 1.24. The van der Waals surface area contributed by atoms with Gasteiger partial charge in [0.25, 0.3) is 0 Å². The molecule has 0 saturated carbocycles. The second-order valence-electron chi connectivity index (χ2n) is 4.73. The maximum Gasteiger partial charge on any atom is 0.300 e. The maximum absolute atomic E-state index is 11.0. The van der Waals surface area contributed by atoms with Gasteiger partial charge in [-0.3, -0.25) is 15.1 Å². The van der Waals surface area contributed by atoms with Crippen molar-refractivity contribution in [3.8, 4) is 0 Å². The minimum Gasteiger partial charge on any atom is -0.368 e. The highest BCUT2D eigenvalue weighted by atomic mass is 32.2. The molecule has 0 atom stereocenters. The third-order valence-corrected chi connectivity index (χ3v) is 4.37. The van der Waals surface area contributed by atoms with Crippen LogP contribution in [0.15, 0.2) is 31.7 Å². The number of nitrogens with one attached hydrogen (secondary N) is 1. The van der Waals surface area contributed by atoms with Crippen molar-refractivity contribution in [1.82, 2.24) is 20.3 Å². The van der Waals surface area contributed by atoms with E-state index in [-0.39, 0.29) is 22.7 Å². The zero-order valence-electron chi connectivity index (χ0n) is 11.8. The molecule has 0 aliphatic carbocycles. The predicted molar refractivity (Wildman–Crippen MR) is 84.8 cm³/mol. The second-order valence-corrected chi connectivity index (χ2v) is 5.76. The number of benzene rings is 1. The molecular weight excluding hydrogens is 336 g/mol. The molecule has 2 aromatic heterocycles. The summed E-state index contributed by atoms with van der Waals surface area (Å²) in [6, 6.07) is 2.92. The normalized spacial score (nSPS) is 12.8. The number of aromatic nitrogens is 4. The summed E-state index contributed by atoms with van der Waals surface area (Å²) in [6.07, 6.45) is 1.54. The third kappa shape index (κ3) is 2.28. The van der Waals surface area contributed by atoms with Crippen molar-refractivity contribution in [3.05, 3.63) is 27.8 Å². The lowest BCUT2D eigenvalue weighted by molar-refractivity contribution is -0.383. The summed E-state index contributed by atoms with van der Waals surface area (Å²) in [5.41, 5.74) is 6.70. The molecule has 3 heterocycles. The molecule has 24 heavy (non-hydrogen) atoms. The fourth-order valence-electron chi connectivity index (χ4n) is 2.23. The standard InChI is InChI=1S/C12H8N8O3S/c13-12-16-10-5(3-14-4-15-10)11(17-12)24-7-2-1-6(20(21)22)8-9(7)19-23-18-8/h1-2,4H,3H2,(H3,13,14,15,16,17). The van der Waals surface area contributed by atoms with E-state index in [1.807, 2.05) is 0 Å². The molecule has 12 heteroatoms. The number of hydrogen-bond donors (Lipinski definition) is 2. The van der Waals surface area contributed by atoms with Crippen LogP contribution in [0.25, 0.3) is 11.0 Å². The van der Waals surface area contributed by atoms with Gasteiger partial charge in [-0.15, -0.1) is 0 Å². The largest absolute Gasteiger partial charge is 0.368 e. The van der Waals surface area contributed by atoms with Crippen LogP contribution in [0.5, 0.6) is 0 Å². The van der Waals surface area contributed by atoms with E-state index in [0.717, 1.165) is 5.56 Å². The van der Waals surface area contributed by atoms with Crippen LogP contribution in [-0.4, -0.2) is 31.5 Å². The average molecular weight is 344 g/mol. The Morgan fingerprint density at radius 3 is 2.96 bits per heavy atom. The Hall–Kier alpha value is -3.28. The van der Waals surface area contributed by atoms with Crippen LogP contribution in [0, 0.1) is 10.1 Å². The third-order valence-electron chi connectivity index (χ3n) is 3.29. The van der Waals surface area contributed by atoms with Crippen LogP contribution < -0.4 is 11.1 Å². The lowest BCUT2D eigenvalue weighted by Crippen LogP contribution is -2.11. The van der Waals surface area contributed by atoms with Crippen LogP contribution in [-0.2, 0) is 6.54 Å². The van der Waals surface area contributed by atoms with Crippen LogP contribution in [0.1, 0.15) is 5.56 Å². The van der Waals surface area contributed by atoms with Gasteiger partial charge >= 0.3 is 5.69 Å². The Morgan fingerprint density at radius 1 is 1.29 bits per heavy atom. The van der Waals surface area contributed by atoms with Crippen LogP contribution in [0.2, 0.25) is 0 Å². The van der Waals surface area contributed by atoms with Gasteiger partial charge in [0.2, 0.25) is 11.5 Å². The molecule has 3 N–H and O–H groups in total. The van der Waals surface area contributed by atoms with Crippen molar-refractivity contribution in [2.45, 2.75) is 16.5 Å². The Balaban J connectivity index is 1.82. The minimum absolute atomic E-state index is 0.0806. The highest BCUT2D eigenvalue weighted by Gasteiger charge is 2.22. The summed E-state index contributed by atoms with van der Waals surface area (Å²) in [7, 11) is 0. The van der Waals surface area contributed by atoms with Crippen molar-refractivity contribution < 1.29 is 9.55 Å². The summed E-state index contributed by atoms with van der Waals surface area (Å²) in [5, 5.41) is 21.9. The smallest absolute Gasteiger partial charge is 0.300 e. The first-order valence-electron chi connectivity index (χ1n) is 6.62. The Morgan fingerprint density at radius 2 is 2.12 bits per heavy atom. The van der Waals surface area contributed by atoms with E-state index in [1.165, 1.54) is 24.2 Å². The number of nitrogens with zero attached hydrogens (tertiary/aromatic N) is 6. The fourth-order valence-corrected chi connectivity index (χ4v) is 3.23. The SMILES string of the molecule is Nc1nc2c(c(Sc3ccc([N+](=O)[O-])c4nonc34)n1)CN=CN2. The number of fused-ring (bicyclic) bond motifs is 2. The molecule has 0 spiro atoms. The van der Waals surface area contributed by atoms with E-state index in [1.54, 1.807) is 6.07 Å². The molecule has 11 nitrogen and oxygen atoms in total. The van der Waals surface area contributed by atoms with E-state index in [4.69, 9.17) is 5.73 Å². The fraction of sp³-hybridized carbons (Fsp3) is 0.0833. The van der Waals surface area contributed by atoms with E-state index in [9.17, 15) is 10.1 Å². The molecule has 0 amide bonds. The number of non-ortho nitro benzene ring substituents is 1. The first-order chi connectivity index (χ1) is 11.6. The lowest BCUT2D eigenvalue weighted by atomic mass is 10.3. The molecule has 0 saturated heterocycles. The second kappa shape index (κ2) is 5.42. The monoisotopic (exact) mass is 344 g/mol. The summed E-state index contributed by atoms with van der Waals surface area (Å²) in [4.78, 5) is 23.6. The molecule has 120 valence electrons. The van der Waals surface area contributed by atoms with Crippen molar-refractivity contribution in [3.63, 3.8) is 0 Å². The van der Waals surface area contributed by atoms with Gasteiger partial charge in [-0.25, -0.2) is 9.61 Å². The van der Waals surface area contributed by atoms with Crippen LogP contribution in [0.4, 0.5) is 17.5 Å². The van der Waals surface area contributed by atoms with Gasteiger partial charge in [-0.2, -0.15) is 4.98 Å². The quantitative estimate of drug-likeness (QED) is 0.406. The molecule has 1 aliphatic rings. The van der Waals surface area contributed by atoms with Gasteiger partial charge in [0.15, 0.2) is 5.52 Å². The number of anilines is 2. The number of nitrogens with two attached hydrogens (primary N) is 1. The summed E-state index contributed by atoms with van der Waals surface area (Å²) < 4.78 is 4.66. The Labute approximate surface area is 137 Å². The molecule has 4 rings (SSSR count).